The standard InChI is InChI=1S/C22H22N6OS2/c1-3-23-19-16-6-4-5-7-17(16)25-22(26-19)30-13-18-27-28-21(31-18)20(29)24-12-15-10-8-14(2)9-11-15/h4-11H,3,12-13H2,1-2H3,(H,24,29)(H,23,25,26). The van der Waals surface area contributed by atoms with E-state index in [1.807, 2.05) is 62.4 Å². The monoisotopic (exact) mass is 450 g/mol. The molecule has 0 aliphatic heterocycles. The number of hydrogen-bond acceptors (Lipinski definition) is 8. The Hall–Kier alpha value is -3.04. The van der Waals surface area contributed by atoms with Gasteiger partial charge in [-0.25, -0.2) is 9.97 Å². The molecule has 0 aliphatic carbocycles. The summed E-state index contributed by atoms with van der Waals surface area (Å²) in [7, 11) is 0. The highest BCUT2D eigenvalue weighted by molar-refractivity contribution is 7.98. The molecule has 2 aromatic heterocycles. The Labute approximate surface area is 188 Å². The highest BCUT2D eigenvalue weighted by Gasteiger charge is 2.14. The van der Waals surface area contributed by atoms with E-state index in [4.69, 9.17) is 0 Å². The minimum Gasteiger partial charge on any atom is -0.370 e. The van der Waals surface area contributed by atoms with Gasteiger partial charge in [0.1, 0.15) is 10.8 Å². The van der Waals surface area contributed by atoms with E-state index in [-0.39, 0.29) is 5.91 Å². The summed E-state index contributed by atoms with van der Waals surface area (Å²) >= 11 is 2.77. The number of nitrogens with zero attached hydrogens (tertiary/aromatic N) is 4. The van der Waals surface area contributed by atoms with Crippen molar-refractivity contribution in [1.29, 1.82) is 0 Å². The van der Waals surface area contributed by atoms with Crippen LogP contribution in [0.4, 0.5) is 5.82 Å². The van der Waals surface area contributed by atoms with Crippen LogP contribution in [0.2, 0.25) is 0 Å². The van der Waals surface area contributed by atoms with Crippen molar-refractivity contribution >= 4 is 45.7 Å². The molecule has 9 heteroatoms. The molecular weight excluding hydrogens is 428 g/mol. The third kappa shape index (κ3) is 5.36. The van der Waals surface area contributed by atoms with Crippen LogP contribution in [0.15, 0.2) is 53.7 Å². The maximum absolute atomic E-state index is 12.4. The average molecular weight is 451 g/mol. The van der Waals surface area contributed by atoms with Crippen molar-refractivity contribution in [3.05, 3.63) is 69.7 Å². The Bertz CT molecular complexity index is 1190. The number of carbonyl (C=O) groups is 1. The first-order chi connectivity index (χ1) is 15.1. The number of aryl methyl sites for hydroxylation is 1. The van der Waals surface area contributed by atoms with Crippen molar-refractivity contribution in [1.82, 2.24) is 25.5 Å². The fourth-order valence-corrected chi connectivity index (χ4v) is 4.51. The number of rotatable bonds is 8. The number of benzene rings is 2. The van der Waals surface area contributed by atoms with E-state index in [1.54, 1.807) is 0 Å². The molecule has 4 aromatic rings. The van der Waals surface area contributed by atoms with Gasteiger partial charge in [0.25, 0.3) is 5.91 Å². The number of amides is 1. The molecule has 0 atom stereocenters. The van der Waals surface area contributed by atoms with Crippen molar-refractivity contribution < 1.29 is 4.79 Å². The first-order valence-corrected chi connectivity index (χ1v) is 11.7. The van der Waals surface area contributed by atoms with Gasteiger partial charge in [-0.1, -0.05) is 65.1 Å². The molecule has 4 rings (SSSR count). The van der Waals surface area contributed by atoms with Crippen molar-refractivity contribution in [2.45, 2.75) is 31.3 Å². The predicted octanol–water partition coefficient (Wildman–Crippen LogP) is 4.44. The van der Waals surface area contributed by atoms with Crippen LogP contribution in [0.5, 0.6) is 0 Å². The number of thioether (sulfide) groups is 1. The largest absolute Gasteiger partial charge is 0.370 e. The van der Waals surface area contributed by atoms with Crippen molar-refractivity contribution in [2.75, 3.05) is 11.9 Å². The molecule has 0 radical (unpaired) electrons. The summed E-state index contributed by atoms with van der Waals surface area (Å²) < 4.78 is 0. The topological polar surface area (TPSA) is 92.7 Å². The molecule has 0 saturated heterocycles. The molecule has 7 nitrogen and oxygen atoms in total. The third-order valence-electron chi connectivity index (χ3n) is 4.49. The first-order valence-electron chi connectivity index (χ1n) is 9.92. The van der Waals surface area contributed by atoms with Gasteiger partial charge in [0.2, 0.25) is 5.01 Å². The van der Waals surface area contributed by atoms with Gasteiger partial charge in [-0.3, -0.25) is 4.79 Å². The number of fused-ring (bicyclic) bond motifs is 1. The van der Waals surface area contributed by atoms with Crippen LogP contribution in [0.25, 0.3) is 10.9 Å². The Kier molecular flexibility index (Phi) is 6.73. The van der Waals surface area contributed by atoms with Crippen LogP contribution in [0.1, 0.15) is 32.9 Å². The van der Waals surface area contributed by atoms with Gasteiger partial charge in [0, 0.05) is 18.5 Å². The number of aromatic nitrogens is 4. The second-order valence-electron chi connectivity index (χ2n) is 6.86. The van der Waals surface area contributed by atoms with Crippen LogP contribution < -0.4 is 10.6 Å². The number of hydrogen-bond donors (Lipinski definition) is 2. The fraction of sp³-hybridized carbons (Fsp3) is 0.227. The molecule has 2 aromatic carbocycles. The van der Waals surface area contributed by atoms with Crippen LogP contribution in [-0.2, 0) is 12.3 Å². The summed E-state index contributed by atoms with van der Waals surface area (Å²) in [5.74, 6) is 1.15. The van der Waals surface area contributed by atoms with Gasteiger partial charge in [-0.05, 0) is 31.5 Å². The number of para-hydroxylation sites is 1. The van der Waals surface area contributed by atoms with E-state index in [0.717, 1.165) is 33.8 Å². The summed E-state index contributed by atoms with van der Waals surface area (Å²) in [6.07, 6.45) is 0. The Morgan fingerprint density at radius 2 is 1.87 bits per heavy atom. The van der Waals surface area contributed by atoms with E-state index in [0.29, 0.717) is 22.5 Å². The molecule has 0 unspecified atom stereocenters. The Morgan fingerprint density at radius 3 is 2.68 bits per heavy atom. The maximum atomic E-state index is 12.4. The quantitative estimate of drug-likeness (QED) is 0.303. The van der Waals surface area contributed by atoms with Crippen molar-refractivity contribution in [2.24, 2.45) is 0 Å². The summed E-state index contributed by atoms with van der Waals surface area (Å²) in [5, 5.41) is 17.2. The number of carbonyl (C=O) groups excluding carboxylic acids is 1. The lowest BCUT2D eigenvalue weighted by Gasteiger charge is -2.08. The molecule has 0 fully saturated rings. The van der Waals surface area contributed by atoms with Crippen LogP contribution in [-0.4, -0.2) is 32.6 Å². The minimum atomic E-state index is -0.217. The zero-order valence-corrected chi connectivity index (χ0v) is 18.9. The molecule has 0 spiro atoms. The van der Waals surface area contributed by atoms with Crippen LogP contribution in [0.3, 0.4) is 0 Å². The van der Waals surface area contributed by atoms with Crippen molar-refractivity contribution in [3.63, 3.8) is 0 Å². The first kappa shape index (κ1) is 21.2. The molecule has 2 heterocycles. The molecule has 0 saturated carbocycles. The van der Waals surface area contributed by atoms with Gasteiger partial charge in [-0.2, -0.15) is 0 Å². The van der Waals surface area contributed by atoms with E-state index in [2.05, 4.69) is 30.8 Å². The second-order valence-corrected chi connectivity index (χ2v) is 8.86. The van der Waals surface area contributed by atoms with E-state index >= 15 is 0 Å². The number of anilines is 1. The smallest absolute Gasteiger partial charge is 0.282 e. The normalized spacial score (nSPS) is 10.9. The zero-order chi connectivity index (χ0) is 21.6. The van der Waals surface area contributed by atoms with Gasteiger partial charge >= 0.3 is 0 Å². The molecule has 31 heavy (non-hydrogen) atoms. The highest BCUT2D eigenvalue weighted by atomic mass is 32.2. The molecule has 2 N–H and O–H groups in total. The average Bonchev–Trinajstić information content (AvgIpc) is 3.27. The van der Waals surface area contributed by atoms with E-state index in [1.165, 1.54) is 28.7 Å². The lowest BCUT2D eigenvalue weighted by molar-refractivity contribution is 0.0950. The Balaban J connectivity index is 1.38. The lowest BCUT2D eigenvalue weighted by atomic mass is 10.1. The van der Waals surface area contributed by atoms with Gasteiger partial charge in [-0.15, -0.1) is 10.2 Å². The molecular formula is C22H22N6OS2. The van der Waals surface area contributed by atoms with Crippen LogP contribution in [0, 0.1) is 6.92 Å². The fourth-order valence-electron chi connectivity index (χ4n) is 2.92. The lowest BCUT2D eigenvalue weighted by Crippen LogP contribution is -2.22. The van der Waals surface area contributed by atoms with E-state index in [9.17, 15) is 4.79 Å². The summed E-state index contributed by atoms with van der Waals surface area (Å²) in [6, 6.07) is 16.0. The molecule has 1 amide bonds. The van der Waals surface area contributed by atoms with Gasteiger partial charge in [0.15, 0.2) is 5.16 Å². The Morgan fingerprint density at radius 1 is 1.06 bits per heavy atom. The number of nitrogens with one attached hydrogen (secondary N) is 2. The third-order valence-corrected chi connectivity index (χ3v) is 6.45. The predicted molar refractivity (Wildman–Crippen MR) is 126 cm³/mol. The molecule has 0 aliphatic rings. The van der Waals surface area contributed by atoms with E-state index < -0.39 is 0 Å². The van der Waals surface area contributed by atoms with Gasteiger partial charge < -0.3 is 10.6 Å². The highest BCUT2D eigenvalue weighted by Crippen LogP contribution is 2.27. The second kappa shape index (κ2) is 9.84. The summed E-state index contributed by atoms with van der Waals surface area (Å²) in [4.78, 5) is 21.7. The molecule has 158 valence electrons. The maximum Gasteiger partial charge on any atom is 0.282 e. The SMILES string of the molecule is CCNc1nc(SCc2nnc(C(=O)NCc3ccc(C)cc3)s2)nc2ccccc12. The van der Waals surface area contributed by atoms with Crippen LogP contribution >= 0.6 is 23.1 Å². The van der Waals surface area contributed by atoms with Crippen molar-refractivity contribution in [3.8, 4) is 0 Å². The summed E-state index contributed by atoms with van der Waals surface area (Å²) in [6.45, 7) is 5.31. The zero-order valence-electron chi connectivity index (χ0n) is 17.3. The van der Waals surface area contributed by atoms with Gasteiger partial charge in [0.05, 0.1) is 11.3 Å². The summed E-state index contributed by atoms with van der Waals surface area (Å²) in [5.41, 5.74) is 3.13. The molecule has 0 bridgehead atoms. The minimum absolute atomic E-state index is 0.217.